The first-order valence-corrected chi connectivity index (χ1v) is 5.91. The van der Waals surface area contributed by atoms with Crippen LogP contribution in [-0.2, 0) is 0 Å². The Morgan fingerprint density at radius 3 is 2.75 bits per heavy atom. The topological polar surface area (TPSA) is 41.1 Å². The fraction of sp³-hybridized carbons (Fsp3) is 0.417. The number of hydrogen-bond donors (Lipinski definition) is 2. The molecule has 4 heteroatoms. The Kier molecular flexibility index (Phi) is 3.80. The molecule has 0 heterocycles. The molecule has 0 atom stereocenters. The molecular formula is C12H15ClN2O. The number of benzene rings is 1. The normalized spacial score (nSPS) is 14.8. The van der Waals surface area contributed by atoms with Gasteiger partial charge in [-0.1, -0.05) is 23.7 Å². The zero-order chi connectivity index (χ0) is 11.4. The summed E-state index contributed by atoms with van der Waals surface area (Å²) in [4.78, 5) is 11.7. The van der Waals surface area contributed by atoms with Crippen molar-refractivity contribution in [2.75, 3.05) is 13.1 Å². The van der Waals surface area contributed by atoms with Gasteiger partial charge in [0.2, 0.25) is 0 Å². The van der Waals surface area contributed by atoms with Crippen LogP contribution in [0.2, 0.25) is 5.02 Å². The van der Waals surface area contributed by atoms with E-state index in [4.69, 9.17) is 11.6 Å². The second-order valence-electron chi connectivity index (χ2n) is 3.96. The van der Waals surface area contributed by atoms with E-state index in [1.807, 2.05) is 12.1 Å². The van der Waals surface area contributed by atoms with Crippen LogP contribution in [0.15, 0.2) is 24.3 Å². The third-order valence-electron chi connectivity index (χ3n) is 2.54. The van der Waals surface area contributed by atoms with Crippen molar-refractivity contribution >= 4 is 17.5 Å². The van der Waals surface area contributed by atoms with Crippen molar-refractivity contribution in [2.24, 2.45) is 0 Å². The van der Waals surface area contributed by atoms with Crippen molar-refractivity contribution < 1.29 is 4.79 Å². The molecule has 0 bridgehead atoms. The number of rotatable bonds is 5. The van der Waals surface area contributed by atoms with Gasteiger partial charge in [0.25, 0.3) is 5.91 Å². The van der Waals surface area contributed by atoms with Crippen LogP contribution in [0.25, 0.3) is 0 Å². The lowest BCUT2D eigenvalue weighted by Crippen LogP contribution is -2.32. The first-order valence-electron chi connectivity index (χ1n) is 5.53. The summed E-state index contributed by atoms with van der Waals surface area (Å²) in [5, 5.41) is 6.66. The highest BCUT2D eigenvalue weighted by Gasteiger charge is 2.19. The summed E-state index contributed by atoms with van der Waals surface area (Å²) in [6.45, 7) is 1.46. The molecule has 1 amide bonds. The van der Waals surface area contributed by atoms with Crippen molar-refractivity contribution in [2.45, 2.75) is 18.9 Å². The maximum atomic E-state index is 11.7. The van der Waals surface area contributed by atoms with Crippen LogP contribution in [-0.4, -0.2) is 25.0 Å². The molecular weight excluding hydrogens is 224 g/mol. The number of hydrogen-bond acceptors (Lipinski definition) is 2. The second-order valence-corrected chi connectivity index (χ2v) is 4.37. The van der Waals surface area contributed by atoms with E-state index in [0.717, 1.165) is 6.54 Å². The van der Waals surface area contributed by atoms with Gasteiger partial charge in [-0.15, -0.1) is 0 Å². The van der Waals surface area contributed by atoms with Gasteiger partial charge in [0, 0.05) is 19.1 Å². The number of carbonyl (C=O) groups is 1. The van der Waals surface area contributed by atoms with Crippen LogP contribution < -0.4 is 10.6 Å². The summed E-state index contributed by atoms with van der Waals surface area (Å²) < 4.78 is 0. The number of amides is 1. The van der Waals surface area contributed by atoms with Crippen molar-refractivity contribution in [1.82, 2.24) is 10.6 Å². The van der Waals surface area contributed by atoms with Crippen LogP contribution in [0.3, 0.4) is 0 Å². The minimum Gasteiger partial charge on any atom is -0.351 e. The Hall–Kier alpha value is -1.06. The van der Waals surface area contributed by atoms with Crippen molar-refractivity contribution in [1.29, 1.82) is 0 Å². The number of nitrogens with one attached hydrogen (secondary N) is 2. The zero-order valence-electron chi connectivity index (χ0n) is 9.00. The first-order chi connectivity index (χ1) is 7.77. The second kappa shape index (κ2) is 5.32. The molecule has 1 fully saturated rings. The third-order valence-corrected chi connectivity index (χ3v) is 2.87. The molecule has 2 N–H and O–H groups in total. The van der Waals surface area contributed by atoms with Crippen LogP contribution in [0.5, 0.6) is 0 Å². The van der Waals surface area contributed by atoms with Gasteiger partial charge < -0.3 is 10.6 Å². The molecule has 0 radical (unpaired) electrons. The molecule has 1 aromatic rings. The zero-order valence-corrected chi connectivity index (χ0v) is 9.76. The van der Waals surface area contributed by atoms with Gasteiger partial charge in [-0.2, -0.15) is 0 Å². The van der Waals surface area contributed by atoms with E-state index >= 15 is 0 Å². The smallest absolute Gasteiger partial charge is 0.252 e. The van der Waals surface area contributed by atoms with Crippen LogP contribution in [0.4, 0.5) is 0 Å². The summed E-state index contributed by atoms with van der Waals surface area (Å²) in [7, 11) is 0. The van der Waals surface area contributed by atoms with Crippen LogP contribution >= 0.6 is 11.6 Å². The summed E-state index contributed by atoms with van der Waals surface area (Å²) in [5.41, 5.74) is 0.538. The van der Waals surface area contributed by atoms with Crippen LogP contribution in [0.1, 0.15) is 23.2 Å². The van der Waals surface area contributed by atoms with Gasteiger partial charge >= 0.3 is 0 Å². The monoisotopic (exact) mass is 238 g/mol. The lowest BCUT2D eigenvalue weighted by Gasteiger charge is -2.07. The van der Waals surface area contributed by atoms with Gasteiger partial charge in [0.05, 0.1) is 10.6 Å². The number of halogens is 1. The highest BCUT2D eigenvalue weighted by atomic mass is 35.5. The molecule has 3 nitrogen and oxygen atoms in total. The minimum absolute atomic E-state index is 0.108. The first kappa shape index (κ1) is 11.4. The van der Waals surface area contributed by atoms with Gasteiger partial charge in [-0.3, -0.25) is 4.79 Å². The van der Waals surface area contributed by atoms with Crippen molar-refractivity contribution in [3.63, 3.8) is 0 Å². The molecule has 0 aromatic heterocycles. The number of carbonyl (C=O) groups excluding carboxylic acids is 1. The quantitative estimate of drug-likeness (QED) is 0.769. The predicted molar refractivity (Wildman–Crippen MR) is 64.8 cm³/mol. The summed E-state index contributed by atoms with van der Waals surface area (Å²) in [6.07, 6.45) is 2.52. The van der Waals surface area contributed by atoms with E-state index in [-0.39, 0.29) is 5.91 Å². The fourth-order valence-corrected chi connectivity index (χ4v) is 1.70. The predicted octanol–water partition coefficient (Wildman–Crippen LogP) is 1.82. The fourth-order valence-electron chi connectivity index (χ4n) is 1.48. The van der Waals surface area contributed by atoms with Crippen LogP contribution in [0, 0.1) is 0 Å². The van der Waals surface area contributed by atoms with Gasteiger partial charge in [0.15, 0.2) is 0 Å². The Morgan fingerprint density at radius 2 is 2.06 bits per heavy atom. The molecule has 86 valence electrons. The lowest BCUT2D eigenvalue weighted by molar-refractivity contribution is 0.0954. The molecule has 0 aliphatic heterocycles. The average Bonchev–Trinajstić information content (AvgIpc) is 3.08. The molecule has 16 heavy (non-hydrogen) atoms. The molecule has 1 aliphatic carbocycles. The minimum atomic E-state index is -0.108. The summed E-state index contributed by atoms with van der Waals surface area (Å²) in [6, 6.07) is 7.75. The van der Waals surface area contributed by atoms with Crippen molar-refractivity contribution in [3.05, 3.63) is 34.9 Å². The van der Waals surface area contributed by atoms with E-state index in [1.54, 1.807) is 12.1 Å². The third kappa shape index (κ3) is 3.22. The maximum Gasteiger partial charge on any atom is 0.252 e. The molecule has 1 aliphatic rings. The molecule has 1 aromatic carbocycles. The largest absolute Gasteiger partial charge is 0.351 e. The lowest BCUT2D eigenvalue weighted by atomic mass is 10.2. The van der Waals surface area contributed by atoms with E-state index in [2.05, 4.69) is 10.6 Å². The summed E-state index contributed by atoms with van der Waals surface area (Å²) >= 11 is 5.92. The highest BCUT2D eigenvalue weighted by molar-refractivity contribution is 6.33. The van der Waals surface area contributed by atoms with Gasteiger partial charge in [-0.05, 0) is 25.0 Å². The molecule has 1 saturated carbocycles. The SMILES string of the molecule is O=C(NCCNC1CC1)c1ccccc1Cl. The summed E-state index contributed by atoms with van der Waals surface area (Å²) in [5.74, 6) is -0.108. The Morgan fingerprint density at radius 1 is 1.31 bits per heavy atom. The Balaban J connectivity index is 1.76. The molecule has 0 saturated heterocycles. The average molecular weight is 239 g/mol. The van der Waals surface area contributed by atoms with E-state index < -0.39 is 0 Å². The van der Waals surface area contributed by atoms with Gasteiger partial charge in [-0.25, -0.2) is 0 Å². The van der Waals surface area contributed by atoms with Crippen molar-refractivity contribution in [3.8, 4) is 0 Å². The molecule has 0 spiro atoms. The Labute approximate surface area is 100 Å². The maximum absolute atomic E-state index is 11.7. The van der Waals surface area contributed by atoms with E-state index in [9.17, 15) is 4.79 Å². The van der Waals surface area contributed by atoms with E-state index in [1.165, 1.54) is 12.8 Å². The molecule has 2 rings (SSSR count). The standard InChI is InChI=1S/C12H15ClN2O/c13-11-4-2-1-3-10(11)12(16)15-8-7-14-9-5-6-9/h1-4,9,14H,5-8H2,(H,15,16). The van der Waals surface area contributed by atoms with E-state index in [0.29, 0.717) is 23.2 Å². The Bertz CT molecular complexity index is 377. The highest BCUT2D eigenvalue weighted by Crippen LogP contribution is 2.18. The van der Waals surface area contributed by atoms with Gasteiger partial charge in [0.1, 0.15) is 0 Å². The molecule has 0 unspecified atom stereocenters.